The summed E-state index contributed by atoms with van der Waals surface area (Å²) in [6.45, 7) is 2.67. The van der Waals surface area contributed by atoms with Crippen LogP contribution in [0, 0.1) is 0 Å². The number of nitrogens with two attached hydrogens (primary N) is 1. The summed E-state index contributed by atoms with van der Waals surface area (Å²) in [6, 6.07) is 17.8. The molecule has 2 aromatic rings. The third kappa shape index (κ3) is 4.93. The van der Waals surface area contributed by atoms with Crippen molar-refractivity contribution in [2.24, 2.45) is 5.73 Å². The monoisotopic (exact) mass is 311 g/mol. The molecule has 5 heteroatoms. The van der Waals surface area contributed by atoms with Gasteiger partial charge in [-0.3, -0.25) is 10.1 Å². The van der Waals surface area contributed by atoms with E-state index in [-0.39, 0.29) is 5.92 Å². The second-order valence-corrected chi connectivity index (χ2v) is 5.42. The van der Waals surface area contributed by atoms with E-state index in [0.717, 1.165) is 5.56 Å². The lowest BCUT2D eigenvalue weighted by Gasteiger charge is -2.21. The van der Waals surface area contributed by atoms with E-state index in [1.165, 1.54) is 5.56 Å². The molecular formula is C18H21N3O2. The number of carbonyl (C=O) groups is 2. The number of carbonyl (C=O) groups excluding carboxylic acids is 2. The van der Waals surface area contributed by atoms with Crippen molar-refractivity contribution < 1.29 is 9.59 Å². The molecule has 0 fully saturated rings. The standard InChI is InChI=1S/C18H21N3O2/c1-13(14-8-4-2-5-9-14)12-20-16(17(22)21-18(19)23)15-10-6-3-7-11-15/h2-11,13,16,20H,12H2,1H3,(H3,19,21,22,23)/t13-,16+/m0/s1. The quantitative estimate of drug-likeness (QED) is 0.765. The highest BCUT2D eigenvalue weighted by atomic mass is 16.2. The van der Waals surface area contributed by atoms with Gasteiger partial charge in [0.25, 0.3) is 0 Å². The van der Waals surface area contributed by atoms with Gasteiger partial charge in [0, 0.05) is 6.54 Å². The first-order chi connectivity index (χ1) is 11.1. The predicted octanol–water partition coefficient (Wildman–Crippen LogP) is 2.32. The molecule has 0 aliphatic heterocycles. The van der Waals surface area contributed by atoms with Crippen molar-refractivity contribution in [2.45, 2.75) is 18.9 Å². The highest BCUT2D eigenvalue weighted by molar-refractivity contribution is 5.96. The fraction of sp³-hybridized carbons (Fsp3) is 0.222. The molecule has 3 amide bonds. The first-order valence-corrected chi connectivity index (χ1v) is 7.51. The van der Waals surface area contributed by atoms with Crippen molar-refractivity contribution in [1.29, 1.82) is 0 Å². The third-order valence-electron chi connectivity index (χ3n) is 3.64. The van der Waals surface area contributed by atoms with E-state index in [0.29, 0.717) is 6.54 Å². The van der Waals surface area contributed by atoms with Gasteiger partial charge in [-0.05, 0) is 17.0 Å². The normalized spacial score (nSPS) is 13.1. The van der Waals surface area contributed by atoms with Gasteiger partial charge in [0.2, 0.25) is 5.91 Å². The van der Waals surface area contributed by atoms with Gasteiger partial charge in [0.15, 0.2) is 0 Å². The third-order valence-corrected chi connectivity index (χ3v) is 3.64. The molecule has 0 radical (unpaired) electrons. The minimum atomic E-state index is -0.853. The zero-order chi connectivity index (χ0) is 16.7. The molecule has 0 saturated heterocycles. The highest BCUT2D eigenvalue weighted by Crippen LogP contribution is 2.17. The Balaban J connectivity index is 2.09. The molecule has 0 aliphatic carbocycles. The Kier molecular flexibility index (Phi) is 5.88. The number of amides is 3. The number of rotatable bonds is 6. The summed E-state index contributed by atoms with van der Waals surface area (Å²) in [4.78, 5) is 23.2. The average molecular weight is 311 g/mol. The summed E-state index contributed by atoms with van der Waals surface area (Å²) in [7, 11) is 0. The molecule has 0 unspecified atom stereocenters. The van der Waals surface area contributed by atoms with Gasteiger partial charge in [0.1, 0.15) is 6.04 Å². The second kappa shape index (κ2) is 8.10. The van der Waals surface area contributed by atoms with Crippen molar-refractivity contribution in [3.8, 4) is 0 Å². The zero-order valence-corrected chi connectivity index (χ0v) is 13.0. The van der Waals surface area contributed by atoms with Crippen molar-refractivity contribution in [2.75, 3.05) is 6.54 Å². The number of hydrogen-bond acceptors (Lipinski definition) is 3. The first-order valence-electron chi connectivity index (χ1n) is 7.51. The lowest BCUT2D eigenvalue weighted by Crippen LogP contribution is -2.43. The number of nitrogens with one attached hydrogen (secondary N) is 2. The molecule has 0 aromatic heterocycles. The Labute approximate surface area is 135 Å². The SMILES string of the molecule is C[C@@H](CN[C@@H](C(=O)NC(N)=O)c1ccccc1)c1ccccc1. The number of hydrogen-bond donors (Lipinski definition) is 3. The molecule has 0 bridgehead atoms. The minimum Gasteiger partial charge on any atom is -0.351 e. The van der Waals surface area contributed by atoms with Gasteiger partial charge in [-0.2, -0.15) is 0 Å². The van der Waals surface area contributed by atoms with Crippen LogP contribution < -0.4 is 16.4 Å². The van der Waals surface area contributed by atoms with Crippen LogP contribution in [0.25, 0.3) is 0 Å². The van der Waals surface area contributed by atoms with Gasteiger partial charge in [-0.25, -0.2) is 4.79 Å². The maximum atomic E-state index is 12.2. The first kappa shape index (κ1) is 16.7. The number of urea groups is 1. The number of imide groups is 1. The molecule has 0 aliphatic rings. The average Bonchev–Trinajstić information content (AvgIpc) is 2.56. The molecule has 0 heterocycles. The maximum Gasteiger partial charge on any atom is 0.318 e. The highest BCUT2D eigenvalue weighted by Gasteiger charge is 2.22. The van der Waals surface area contributed by atoms with Crippen molar-refractivity contribution in [3.63, 3.8) is 0 Å². The molecular weight excluding hydrogens is 290 g/mol. The molecule has 5 nitrogen and oxygen atoms in total. The predicted molar refractivity (Wildman–Crippen MR) is 89.8 cm³/mol. The molecule has 2 atom stereocenters. The van der Waals surface area contributed by atoms with Crippen molar-refractivity contribution in [1.82, 2.24) is 10.6 Å². The molecule has 2 aromatic carbocycles. The van der Waals surface area contributed by atoms with Gasteiger partial charge >= 0.3 is 6.03 Å². The van der Waals surface area contributed by atoms with Crippen LogP contribution >= 0.6 is 0 Å². The van der Waals surface area contributed by atoms with E-state index in [1.54, 1.807) is 0 Å². The van der Waals surface area contributed by atoms with Gasteiger partial charge in [-0.15, -0.1) is 0 Å². The molecule has 0 spiro atoms. The Bertz CT molecular complexity index is 644. The maximum absolute atomic E-state index is 12.2. The molecule has 120 valence electrons. The van der Waals surface area contributed by atoms with E-state index in [9.17, 15) is 9.59 Å². The second-order valence-electron chi connectivity index (χ2n) is 5.42. The Hall–Kier alpha value is -2.66. The molecule has 0 saturated carbocycles. The van der Waals surface area contributed by atoms with Crippen molar-refractivity contribution >= 4 is 11.9 Å². The summed E-state index contributed by atoms with van der Waals surface area (Å²) in [5.41, 5.74) is 7.02. The van der Waals surface area contributed by atoms with Crippen LogP contribution in [-0.4, -0.2) is 18.5 Å². The minimum absolute atomic E-state index is 0.226. The van der Waals surface area contributed by atoms with Gasteiger partial charge < -0.3 is 11.1 Å². The summed E-state index contributed by atoms with van der Waals surface area (Å²) in [6.07, 6.45) is 0. The largest absolute Gasteiger partial charge is 0.351 e. The van der Waals surface area contributed by atoms with E-state index in [2.05, 4.69) is 17.6 Å². The fourth-order valence-corrected chi connectivity index (χ4v) is 2.40. The van der Waals surface area contributed by atoms with E-state index >= 15 is 0 Å². The summed E-state index contributed by atoms with van der Waals surface area (Å²) in [5.74, 6) is -0.229. The zero-order valence-electron chi connectivity index (χ0n) is 13.0. The molecule has 2 rings (SSSR count). The van der Waals surface area contributed by atoms with E-state index < -0.39 is 18.0 Å². The van der Waals surface area contributed by atoms with E-state index in [4.69, 9.17) is 5.73 Å². The van der Waals surface area contributed by atoms with Crippen LogP contribution in [0.3, 0.4) is 0 Å². The summed E-state index contributed by atoms with van der Waals surface area (Å²) in [5, 5.41) is 5.36. The summed E-state index contributed by atoms with van der Waals surface area (Å²) < 4.78 is 0. The molecule has 23 heavy (non-hydrogen) atoms. The fourth-order valence-electron chi connectivity index (χ4n) is 2.40. The Morgan fingerprint density at radius 2 is 1.48 bits per heavy atom. The summed E-state index contributed by atoms with van der Waals surface area (Å²) >= 11 is 0. The van der Waals surface area contributed by atoms with Gasteiger partial charge in [0.05, 0.1) is 0 Å². The van der Waals surface area contributed by atoms with Crippen molar-refractivity contribution in [3.05, 3.63) is 71.8 Å². The smallest absolute Gasteiger partial charge is 0.318 e. The van der Waals surface area contributed by atoms with E-state index in [1.807, 2.05) is 60.7 Å². The van der Waals surface area contributed by atoms with Crippen LogP contribution in [-0.2, 0) is 4.79 Å². The Morgan fingerprint density at radius 3 is 2.00 bits per heavy atom. The number of benzene rings is 2. The van der Waals surface area contributed by atoms with Gasteiger partial charge in [-0.1, -0.05) is 67.6 Å². The van der Waals surface area contributed by atoms with Crippen LogP contribution in [0.4, 0.5) is 4.79 Å². The lowest BCUT2D eigenvalue weighted by atomic mass is 10.00. The van der Waals surface area contributed by atoms with Crippen LogP contribution in [0.15, 0.2) is 60.7 Å². The number of primary amides is 1. The van der Waals surface area contributed by atoms with Crippen LogP contribution in [0.1, 0.15) is 30.0 Å². The lowest BCUT2D eigenvalue weighted by molar-refractivity contribution is -0.122. The Morgan fingerprint density at radius 1 is 0.957 bits per heavy atom. The van der Waals surface area contributed by atoms with Crippen LogP contribution in [0.2, 0.25) is 0 Å². The molecule has 4 N–H and O–H groups in total. The topological polar surface area (TPSA) is 84.2 Å². The van der Waals surface area contributed by atoms with Crippen LogP contribution in [0.5, 0.6) is 0 Å².